The molecule has 0 saturated carbocycles. The van der Waals surface area contributed by atoms with Gasteiger partial charge in [0, 0.05) is 26.7 Å². The summed E-state index contributed by atoms with van der Waals surface area (Å²) in [6.07, 6.45) is 5.14. The average molecular weight is 347 g/mol. The van der Waals surface area contributed by atoms with Crippen LogP contribution in [0.1, 0.15) is 44.1 Å². The van der Waals surface area contributed by atoms with Crippen molar-refractivity contribution in [1.29, 1.82) is 0 Å². The molecule has 25 heavy (non-hydrogen) atoms. The molecule has 1 unspecified atom stereocenters. The third-order valence-electron chi connectivity index (χ3n) is 4.95. The van der Waals surface area contributed by atoms with E-state index in [9.17, 15) is 0 Å². The van der Waals surface area contributed by atoms with Gasteiger partial charge in [0.1, 0.15) is 5.75 Å². The highest BCUT2D eigenvalue weighted by Crippen LogP contribution is 2.21. The molecule has 2 N–H and O–H groups in total. The van der Waals surface area contributed by atoms with Crippen LogP contribution in [0.3, 0.4) is 0 Å². The molecule has 1 aliphatic heterocycles. The highest BCUT2D eigenvalue weighted by Gasteiger charge is 2.10. The molecule has 0 bridgehead atoms. The maximum Gasteiger partial charge on any atom is 0.191 e. The van der Waals surface area contributed by atoms with Crippen molar-refractivity contribution < 1.29 is 4.74 Å². The fourth-order valence-electron chi connectivity index (χ4n) is 3.24. The predicted molar refractivity (Wildman–Crippen MR) is 106 cm³/mol. The first-order valence-corrected chi connectivity index (χ1v) is 9.53. The number of ether oxygens (including phenoxy) is 1. The standard InChI is InChI=1S/C20H34N4O/c1-17(18-7-9-19(25-3)10-8-18)11-12-22-20(21-2)23-13-16-24-14-5-4-6-15-24/h7-10,17H,4-6,11-16H2,1-3H3,(H2,21,22,23). The van der Waals surface area contributed by atoms with Crippen molar-refractivity contribution in [3.8, 4) is 5.75 Å². The van der Waals surface area contributed by atoms with Gasteiger partial charge in [-0.2, -0.15) is 0 Å². The number of hydrogen-bond donors (Lipinski definition) is 2. The lowest BCUT2D eigenvalue weighted by Crippen LogP contribution is -2.43. The fraction of sp³-hybridized carbons (Fsp3) is 0.650. The Bertz CT molecular complexity index is 509. The van der Waals surface area contributed by atoms with Crippen molar-refractivity contribution in [2.75, 3.05) is 46.9 Å². The maximum atomic E-state index is 5.22. The average Bonchev–Trinajstić information content (AvgIpc) is 2.67. The smallest absolute Gasteiger partial charge is 0.191 e. The van der Waals surface area contributed by atoms with Gasteiger partial charge in [-0.1, -0.05) is 25.5 Å². The van der Waals surface area contributed by atoms with E-state index in [0.717, 1.165) is 37.8 Å². The Morgan fingerprint density at radius 1 is 1.12 bits per heavy atom. The van der Waals surface area contributed by atoms with Gasteiger partial charge in [0.15, 0.2) is 5.96 Å². The summed E-state index contributed by atoms with van der Waals surface area (Å²) in [5.41, 5.74) is 1.34. The van der Waals surface area contributed by atoms with Gasteiger partial charge in [-0.15, -0.1) is 0 Å². The zero-order valence-corrected chi connectivity index (χ0v) is 16.1. The van der Waals surface area contributed by atoms with E-state index in [1.807, 2.05) is 19.2 Å². The Labute approximate surface area is 152 Å². The van der Waals surface area contributed by atoms with Crippen molar-refractivity contribution in [3.63, 3.8) is 0 Å². The molecule has 1 fully saturated rings. The number of methoxy groups -OCH3 is 1. The number of nitrogens with zero attached hydrogens (tertiary/aromatic N) is 2. The Balaban J connectivity index is 1.64. The van der Waals surface area contributed by atoms with E-state index in [4.69, 9.17) is 4.74 Å². The lowest BCUT2D eigenvalue weighted by atomic mass is 9.98. The van der Waals surface area contributed by atoms with Crippen LogP contribution in [-0.2, 0) is 0 Å². The molecule has 1 atom stereocenters. The number of rotatable bonds is 8. The lowest BCUT2D eigenvalue weighted by molar-refractivity contribution is 0.232. The molecule has 5 nitrogen and oxygen atoms in total. The highest BCUT2D eigenvalue weighted by atomic mass is 16.5. The Morgan fingerprint density at radius 3 is 2.44 bits per heavy atom. The van der Waals surface area contributed by atoms with Crippen LogP contribution in [0.2, 0.25) is 0 Å². The molecule has 140 valence electrons. The molecule has 0 aliphatic carbocycles. The van der Waals surface area contributed by atoms with Crippen molar-refractivity contribution in [2.24, 2.45) is 4.99 Å². The molecular weight excluding hydrogens is 312 g/mol. The zero-order valence-electron chi connectivity index (χ0n) is 16.1. The summed E-state index contributed by atoms with van der Waals surface area (Å²) in [6, 6.07) is 8.35. The Hall–Kier alpha value is -1.75. The molecular formula is C20H34N4O. The number of nitrogens with one attached hydrogen (secondary N) is 2. The molecule has 5 heteroatoms. The van der Waals surface area contributed by atoms with Crippen LogP contribution in [-0.4, -0.2) is 57.7 Å². The SMILES string of the molecule is CN=C(NCCC(C)c1ccc(OC)cc1)NCCN1CCCCC1. The number of hydrogen-bond acceptors (Lipinski definition) is 3. The number of aliphatic imine (C=N–C) groups is 1. The lowest BCUT2D eigenvalue weighted by Gasteiger charge is -2.26. The van der Waals surface area contributed by atoms with Gasteiger partial charge >= 0.3 is 0 Å². The normalized spacial score (nSPS) is 17.2. The summed E-state index contributed by atoms with van der Waals surface area (Å²) >= 11 is 0. The number of piperidine rings is 1. The minimum Gasteiger partial charge on any atom is -0.497 e. The van der Waals surface area contributed by atoms with Gasteiger partial charge in [0.2, 0.25) is 0 Å². The van der Waals surface area contributed by atoms with Crippen LogP contribution in [0.5, 0.6) is 5.75 Å². The molecule has 1 aromatic carbocycles. The summed E-state index contributed by atoms with van der Waals surface area (Å²) < 4.78 is 5.22. The molecule has 2 rings (SSSR count). The van der Waals surface area contributed by atoms with Crippen LogP contribution < -0.4 is 15.4 Å². The number of benzene rings is 1. The number of guanidine groups is 1. The first kappa shape index (κ1) is 19.6. The van der Waals surface area contributed by atoms with Gasteiger partial charge < -0.3 is 20.3 Å². The molecule has 1 aliphatic rings. The van der Waals surface area contributed by atoms with Crippen LogP contribution in [0, 0.1) is 0 Å². The second-order valence-corrected chi connectivity index (χ2v) is 6.79. The molecule has 0 spiro atoms. The van der Waals surface area contributed by atoms with E-state index < -0.39 is 0 Å². The molecule has 0 aromatic heterocycles. The Morgan fingerprint density at radius 2 is 1.80 bits per heavy atom. The summed E-state index contributed by atoms with van der Waals surface area (Å²) in [5, 5.41) is 6.85. The van der Waals surface area contributed by atoms with Gasteiger partial charge in [-0.05, 0) is 56.0 Å². The highest BCUT2D eigenvalue weighted by molar-refractivity contribution is 5.79. The second-order valence-electron chi connectivity index (χ2n) is 6.79. The fourth-order valence-corrected chi connectivity index (χ4v) is 3.24. The van der Waals surface area contributed by atoms with Gasteiger partial charge in [0.05, 0.1) is 7.11 Å². The first-order chi connectivity index (χ1) is 12.2. The van der Waals surface area contributed by atoms with Crippen molar-refractivity contribution in [3.05, 3.63) is 29.8 Å². The molecule has 1 saturated heterocycles. The van der Waals surface area contributed by atoms with Crippen LogP contribution in [0.4, 0.5) is 0 Å². The minimum absolute atomic E-state index is 0.505. The zero-order chi connectivity index (χ0) is 17.9. The van der Waals surface area contributed by atoms with E-state index in [-0.39, 0.29) is 0 Å². The van der Waals surface area contributed by atoms with Gasteiger partial charge in [0.25, 0.3) is 0 Å². The summed E-state index contributed by atoms with van der Waals surface area (Å²) in [6.45, 7) is 7.71. The van der Waals surface area contributed by atoms with E-state index in [1.165, 1.54) is 37.9 Å². The molecule has 0 radical (unpaired) electrons. The summed E-state index contributed by atoms with van der Waals surface area (Å²) in [5.74, 6) is 2.32. The molecule has 1 heterocycles. The Kier molecular flexibility index (Phi) is 8.60. The second kappa shape index (κ2) is 11.0. The van der Waals surface area contributed by atoms with Crippen molar-refractivity contribution in [2.45, 2.75) is 38.5 Å². The third kappa shape index (κ3) is 6.94. The van der Waals surface area contributed by atoms with Crippen molar-refractivity contribution >= 4 is 5.96 Å². The van der Waals surface area contributed by atoms with E-state index >= 15 is 0 Å². The van der Waals surface area contributed by atoms with Crippen LogP contribution >= 0.6 is 0 Å². The van der Waals surface area contributed by atoms with E-state index in [2.05, 4.69) is 39.6 Å². The van der Waals surface area contributed by atoms with E-state index in [0.29, 0.717) is 5.92 Å². The molecule has 0 amide bonds. The predicted octanol–water partition coefficient (Wildman–Crippen LogP) is 2.84. The maximum absolute atomic E-state index is 5.22. The van der Waals surface area contributed by atoms with Crippen LogP contribution in [0.15, 0.2) is 29.3 Å². The van der Waals surface area contributed by atoms with E-state index in [1.54, 1.807) is 7.11 Å². The van der Waals surface area contributed by atoms with Gasteiger partial charge in [-0.3, -0.25) is 4.99 Å². The number of likely N-dealkylation sites (tertiary alicyclic amines) is 1. The largest absolute Gasteiger partial charge is 0.497 e. The van der Waals surface area contributed by atoms with Crippen molar-refractivity contribution in [1.82, 2.24) is 15.5 Å². The summed E-state index contributed by atoms with van der Waals surface area (Å²) in [7, 11) is 3.54. The summed E-state index contributed by atoms with van der Waals surface area (Å²) in [4.78, 5) is 6.86. The molecule has 1 aromatic rings. The topological polar surface area (TPSA) is 48.9 Å². The third-order valence-corrected chi connectivity index (χ3v) is 4.95. The van der Waals surface area contributed by atoms with Crippen LogP contribution in [0.25, 0.3) is 0 Å². The quantitative estimate of drug-likeness (QED) is 0.561. The monoisotopic (exact) mass is 346 g/mol. The first-order valence-electron chi connectivity index (χ1n) is 9.53. The van der Waals surface area contributed by atoms with Gasteiger partial charge in [-0.25, -0.2) is 0 Å². The minimum atomic E-state index is 0.505.